The minimum Gasteiger partial charge on any atom is -0.477 e. The first-order valence-electron chi connectivity index (χ1n) is 5.47. The zero-order valence-corrected chi connectivity index (χ0v) is 13.0. The molecule has 0 bridgehead atoms. The SMILES string of the molecule is CC(C)(C)OC(=O)N(c1csc(C(=O)O)c1)S(C)(=O)=O. The van der Waals surface area contributed by atoms with Crippen molar-refractivity contribution in [1.82, 2.24) is 0 Å². The first-order chi connectivity index (χ1) is 8.92. The Labute approximate surface area is 120 Å². The summed E-state index contributed by atoms with van der Waals surface area (Å²) in [6.45, 7) is 4.80. The van der Waals surface area contributed by atoms with E-state index in [9.17, 15) is 18.0 Å². The number of hydrogen-bond donors (Lipinski definition) is 1. The van der Waals surface area contributed by atoms with Gasteiger partial charge in [-0.2, -0.15) is 4.31 Å². The van der Waals surface area contributed by atoms with Crippen molar-refractivity contribution in [3.8, 4) is 0 Å². The third-order valence-electron chi connectivity index (χ3n) is 1.92. The number of ether oxygens (including phenoxy) is 1. The van der Waals surface area contributed by atoms with Gasteiger partial charge in [0, 0.05) is 5.38 Å². The molecule has 1 heterocycles. The molecular weight excluding hydrogens is 306 g/mol. The molecule has 0 radical (unpaired) electrons. The number of carboxylic acid groups (broad SMARTS) is 1. The third-order valence-corrected chi connectivity index (χ3v) is 3.85. The lowest BCUT2D eigenvalue weighted by Gasteiger charge is -2.25. The van der Waals surface area contributed by atoms with Gasteiger partial charge >= 0.3 is 12.1 Å². The van der Waals surface area contributed by atoms with Crippen LogP contribution in [0.1, 0.15) is 30.4 Å². The summed E-state index contributed by atoms with van der Waals surface area (Å²) >= 11 is 0.824. The molecule has 0 aromatic carbocycles. The number of nitrogens with zero attached hydrogens (tertiary/aromatic N) is 1. The van der Waals surface area contributed by atoms with E-state index < -0.39 is 27.7 Å². The lowest BCUT2D eigenvalue weighted by Crippen LogP contribution is -2.40. The molecule has 0 spiro atoms. The van der Waals surface area contributed by atoms with Crippen LogP contribution in [-0.4, -0.2) is 37.4 Å². The maximum Gasteiger partial charge on any atom is 0.428 e. The fourth-order valence-corrected chi connectivity index (χ4v) is 2.85. The standard InChI is InChI=1S/C11H15NO6S2/c1-11(2,3)18-10(15)12(20(4,16)17)7-5-8(9(13)14)19-6-7/h5-6H,1-4H3,(H,13,14). The van der Waals surface area contributed by atoms with Gasteiger partial charge in [0.1, 0.15) is 10.5 Å². The van der Waals surface area contributed by atoms with E-state index in [0.29, 0.717) is 4.31 Å². The summed E-state index contributed by atoms with van der Waals surface area (Å²) in [5, 5.41) is 10.1. The van der Waals surface area contributed by atoms with E-state index in [1.54, 1.807) is 20.8 Å². The molecule has 0 fully saturated rings. The van der Waals surface area contributed by atoms with Crippen LogP contribution in [0.25, 0.3) is 0 Å². The van der Waals surface area contributed by atoms with E-state index in [-0.39, 0.29) is 10.6 Å². The average Bonchev–Trinajstić information content (AvgIpc) is 2.61. The van der Waals surface area contributed by atoms with Crippen LogP contribution in [0.5, 0.6) is 0 Å². The van der Waals surface area contributed by atoms with E-state index >= 15 is 0 Å². The minimum absolute atomic E-state index is 0.0517. The summed E-state index contributed by atoms with van der Waals surface area (Å²) in [5.74, 6) is -1.20. The van der Waals surface area contributed by atoms with Crippen LogP contribution >= 0.6 is 11.3 Å². The van der Waals surface area contributed by atoms with Crippen molar-refractivity contribution in [3.63, 3.8) is 0 Å². The second kappa shape index (κ2) is 5.41. The number of aromatic carboxylic acids is 1. The highest BCUT2D eigenvalue weighted by Crippen LogP contribution is 2.27. The van der Waals surface area contributed by atoms with Crippen LogP contribution in [0, 0.1) is 0 Å². The summed E-state index contributed by atoms with van der Waals surface area (Å²) in [6, 6.07) is 1.11. The molecule has 0 unspecified atom stereocenters. The highest BCUT2D eigenvalue weighted by molar-refractivity contribution is 7.92. The Morgan fingerprint density at radius 1 is 1.35 bits per heavy atom. The number of anilines is 1. The largest absolute Gasteiger partial charge is 0.477 e. The van der Waals surface area contributed by atoms with Crippen LogP contribution in [0.4, 0.5) is 10.5 Å². The molecule has 0 aliphatic rings. The normalized spacial score (nSPS) is 12.0. The van der Waals surface area contributed by atoms with Crippen molar-refractivity contribution in [2.24, 2.45) is 0 Å². The van der Waals surface area contributed by atoms with Crippen LogP contribution in [0.3, 0.4) is 0 Å². The average molecular weight is 321 g/mol. The van der Waals surface area contributed by atoms with Gasteiger partial charge in [-0.05, 0) is 26.8 Å². The highest BCUT2D eigenvalue weighted by atomic mass is 32.2. The van der Waals surface area contributed by atoms with E-state index in [1.165, 1.54) is 5.38 Å². The highest BCUT2D eigenvalue weighted by Gasteiger charge is 2.31. The lowest BCUT2D eigenvalue weighted by molar-refractivity contribution is 0.0607. The van der Waals surface area contributed by atoms with Gasteiger partial charge in [-0.25, -0.2) is 18.0 Å². The predicted octanol–water partition coefficient (Wildman–Crippen LogP) is 2.15. The molecule has 0 aliphatic carbocycles. The van der Waals surface area contributed by atoms with Crippen LogP contribution in [0.15, 0.2) is 11.4 Å². The fourth-order valence-electron chi connectivity index (χ4n) is 1.28. The van der Waals surface area contributed by atoms with Gasteiger partial charge in [0.05, 0.1) is 11.9 Å². The van der Waals surface area contributed by atoms with Crippen molar-refractivity contribution in [1.29, 1.82) is 0 Å². The van der Waals surface area contributed by atoms with Crippen molar-refractivity contribution < 1.29 is 27.9 Å². The lowest BCUT2D eigenvalue weighted by atomic mass is 10.2. The van der Waals surface area contributed by atoms with Crippen LogP contribution < -0.4 is 4.31 Å². The number of hydrogen-bond acceptors (Lipinski definition) is 6. The summed E-state index contributed by atoms with van der Waals surface area (Å²) in [7, 11) is -3.93. The summed E-state index contributed by atoms with van der Waals surface area (Å²) in [5.41, 5.74) is -0.921. The second-order valence-corrected chi connectivity index (χ2v) is 7.72. The van der Waals surface area contributed by atoms with Crippen molar-refractivity contribution in [2.45, 2.75) is 26.4 Å². The quantitative estimate of drug-likeness (QED) is 0.915. The van der Waals surface area contributed by atoms with E-state index in [0.717, 1.165) is 23.7 Å². The Bertz CT molecular complexity index is 626. The van der Waals surface area contributed by atoms with E-state index in [4.69, 9.17) is 9.84 Å². The molecule has 1 aromatic rings. The summed E-state index contributed by atoms with van der Waals surface area (Å²) < 4.78 is 28.9. The van der Waals surface area contributed by atoms with Crippen LogP contribution in [0.2, 0.25) is 0 Å². The van der Waals surface area contributed by atoms with E-state index in [1.807, 2.05) is 0 Å². The van der Waals surface area contributed by atoms with Gasteiger partial charge in [0.15, 0.2) is 0 Å². The minimum atomic E-state index is -3.93. The maximum atomic E-state index is 12.0. The number of thiophene rings is 1. The monoisotopic (exact) mass is 321 g/mol. The molecule has 0 aliphatic heterocycles. The number of rotatable bonds is 3. The molecule has 0 atom stereocenters. The molecular formula is C11H15NO6S2. The summed E-state index contributed by atoms with van der Waals surface area (Å²) in [6.07, 6.45) is -0.232. The number of amides is 1. The molecule has 1 N–H and O–H groups in total. The van der Waals surface area contributed by atoms with Gasteiger partial charge in [-0.1, -0.05) is 0 Å². The first kappa shape index (κ1) is 16.4. The molecule has 0 saturated carbocycles. The molecule has 7 nitrogen and oxygen atoms in total. The van der Waals surface area contributed by atoms with Crippen molar-refractivity contribution >= 4 is 39.1 Å². The molecule has 1 amide bonds. The van der Waals surface area contributed by atoms with Crippen LogP contribution in [-0.2, 0) is 14.8 Å². The molecule has 0 saturated heterocycles. The predicted molar refractivity (Wildman–Crippen MR) is 74.8 cm³/mol. The molecule has 112 valence electrons. The zero-order chi connectivity index (χ0) is 15.7. The van der Waals surface area contributed by atoms with Gasteiger partial charge in [0.2, 0.25) is 10.0 Å². The first-order valence-corrected chi connectivity index (χ1v) is 8.20. The summed E-state index contributed by atoms with van der Waals surface area (Å²) in [4.78, 5) is 22.7. The Morgan fingerprint density at radius 2 is 1.90 bits per heavy atom. The Hall–Kier alpha value is -1.61. The number of carbonyl (C=O) groups excluding carboxylic acids is 1. The smallest absolute Gasteiger partial charge is 0.428 e. The Morgan fingerprint density at radius 3 is 2.25 bits per heavy atom. The molecule has 20 heavy (non-hydrogen) atoms. The number of carboxylic acids is 1. The van der Waals surface area contributed by atoms with Gasteiger partial charge in [-0.3, -0.25) is 0 Å². The van der Waals surface area contributed by atoms with E-state index in [2.05, 4.69) is 0 Å². The van der Waals surface area contributed by atoms with Gasteiger partial charge in [-0.15, -0.1) is 11.3 Å². The third kappa shape index (κ3) is 4.20. The zero-order valence-electron chi connectivity index (χ0n) is 11.4. The van der Waals surface area contributed by atoms with Crippen molar-refractivity contribution in [2.75, 3.05) is 10.6 Å². The molecule has 1 rings (SSSR count). The van der Waals surface area contributed by atoms with Gasteiger partial charge in [0.25, 0.3) is 0 Å². The fraction of sp³-hybridized carbons (Fsp3) is 0.455. The van der Waals surface area contributed by atoms with Crippen molar-refractivity contribution in [3.05, 3.63) is 16.3 Å². The maximum absolute atomic E-state index is 12.0. The van der Waals surface area contributed by atoms with Gasteiger partial charge < -0.3 is 9.84 Å². The number of carbonyl (C=O) groups is 2. The molecule has 9 heteroatoms. The Balaban J connectivity index is 3.20. The second-order valence-electron chi connectivity index (χ2n) is 4.98. The Kier molecular flexibility index (Phi) is 4.45. The number of sulfonamides is 1. The topological polar surface area (TPSA) is 101 Å². The molecule has 1 aromatic heterocycles.